The number of carbonyl (C=O) groups excluding carboxylic acids is 1. The molecule has 8 heteroatoms. The van der Waals surface area contributed by atoms with Crippen LogP contribution in [0.5, 0.6) is 0 Å². The van der Waals surface area contributed by atoms with Crippen LogP contribution in [-0.2, 0) is 10.0 Å². The van der Waals surface area contributed by atoms with Crippen LogP contribution in [0.4, 0.5) is 5.13 Å². The molecule has 1 fully saturated rings. The van der Waals surface area contributed by atoms with Crippen molar-refractivity contribution in [2.24, 2.45) is 11.8 Å². The van der Waals surface area contributed by atoms with E-state index in [1.54, 1.807) is 33.5 Å². The minimum atomic E-state index is -3.57. The second-order valence-electron chi connectivity index (χ2n) is 8.31. The molecule has 0 aliphatic carbocycles. The van der Waals surface area contributed by atoms with Gasteiger partial charge in [0.05, 0.1) is 15.1 Å². The molecule has 31 heavy (non-hydrogen) atoms. The van der Waals surface area contributed by atoms with E-state index in [0.29, 0.717) is 42.2 Å². The smallest absolute Gasteiger partial charge is 0.260 e. The van der Waals surface area contributed by atoms with Crippen LogP contribution in [0.2, 0.25) is 0 Å². The average molecular weight is 458 g/mol. The number of hydrogen-bond donors (Lipinski definition) is 0. The number of nitrogens with zero attached hydrogens (tertiary/aromatic N) is 3. The van der Waals surface area contributed by atoms with Crippen molar-refractivity contribution in [2.75, 3.05) is 24.5 Å². The highest BCUT2D eigenvalue weighted by Gasteiger charge is 2.32. The van der Waals surface area contributed by atoms with Gasteiger partial charge in [-0.25, -0.2) is 13.4 Å². The normalized spacial score (nSPS) is 20.1. The molecule has 0 bridgehead atoms. The molecule has 3 aromatic rings. The largest absolute Gasteiger partial charge is 0.284 e. The lowest BCUT2D eigenvalue weighted by Crippen LogP contribution is -2.42. The van der Waals surface area contributed by atoms with Crippen molar-refractivity contribution in [3.63, 3.8) is 0 Å². The zero-order valence-electron chi connectivity index (χ0n) is 18.0. The molecule has 1 amide bonds. The summed E-state index contributed by atoms with van der Waals surface area (Å²) in [5.74, 6) is 0.489. The van der Waals surface area contributed by atoms with Gasteiger partial charge in [-0.3, -0.25) is 9.69 Å². The van der Waals surface area contributed by atoms with Crippen molar-refractivity contribution in [2.45, 2.75) is 32.1 Å². The van der Waals surface area contributed by atoms with Crippen LogP contribution in [0.3, 0.4) is 0 Å². The standard InChI is InChI=1S/C23H27N3O3S2/c1-4-26(23-24-20-7-5-6-8-21(20)30-23)22(27)18-9-11-19(12-10-18)31(28,29)25-14-16(2)13-17(3)15-25/h5-12,16-17H,4,13-15H2,1-3H3. The molecule has 1 aliphatic rings. The molecule has 2 aromatic carbocycles. The summed E-state index contributed by atoms with van der Waals surface area (Å²) < 4.78 is 28.8. The minimum absolute atomic E-state index is 0.189. The topological polar surface area (TPSA) is 70.6 Å². The number of hydrogen-bond acceptors (Lipinski definition) is 5. The molecule has 1 aromatic heterocycles. The zero-order valence-corrected chi connectivity index (χ0v) is 19.6. The molecule has 1 aliphatic heterocycles. The Kier molecular flexibility index (Phi) is 6.14. The molecule has 1 saturated heterocycles. The van der Waals surface area contributed by atoms with Gasteiger partial charge in [0.2, 0.25) is 10.0 Å². The van der Waals surface area contributed by atoms with E-state index in [4.69, 9.17) is 0 Å². The fourth-order valence-corrected chi connectivity index (χ4v) is 6.93. The average Bonchev–Trinajstić information content (AvgIpc) is 3.17. The van der Waals surface area contributed by atoms with Crippen LogP contribution in [0.15, 0.2) is 53.4 Å². The zero-order chi connectivity index (χ0) is 22.2. The molecule has 0 saturated carbocycles. The highest BCUT2D eigenvalue weighted by Crippen LogP contribution is 2.30. The number of thiazole rings is 1. The molecular weight excluding hydrogens is 430 g/mol. The molecule has 2 unspecified atom stereocenters. The Bertz CT molecular complexity index is 1150. The Hall–Kier alpha value is -2.29. The van der Waals surface area contributed by atoms with Gasteiger partial charge in [0, 0.05) is 25.2 Å². The number of anilines is 1. The van der Waals surface area contributed by atoms with Crippen molar-refractivity contribution >= 4 is 42.6 Å². The van der Waals surface area contributed by atoms with Gasteiger partial charge in [-0.15, -0.1) is 0 Å². The second kappa shape index (κ2) is 8.68. The number of aromatic nitrogens is 1. The van der Waals surface area contributed by atoms with E-state index in [9.17, 15) is 13.2 Å². The minimum Gasteiger partial charge on any atom is -0.284 e. The van der Waals surface area contributed by atoms with Crippen molar-refractivity contribution in [3.8, 4) is 0 Å². The van der Waals surface area contributed by atoms with Crippen molar-refractivity contribution in [1.29, 1.82) is 0 Å². The van der Waals surface area contributed by atoms with Gasteiger partial charge in [-0.2, -0.15) is 4.31 Å². The van der Waals surface area contributed by atoms with Crippen LogP contribution in [-0.4, -0.2) is 43.2 Å². The maximum Gasteiger partial charge on any atom is 0.260 e. The molecule has 2 heterocycles. The van der Waals surface area contributed by atoms with E-state index in [0.717, 1.165) is 16.6 Å². The van der Waals surface area contributed by atoms with Crippen LogP contribution in [0, 0.1) is 11.8 Å². The summed E-state index contributed by atoms with van der Waals surface area (Å²) in [5, 5.41) is 0.640. The third-order valence-corrected chi connectivity index (χ3v) is 8.55. The number of amides is 1. The summed E-state index contributed by atoms with van der Waals surface area (Å²) in [6, 6.07) is 14.1. The highest BCUT2D eigenvalue weighted by atomic mass is 32.2. The van der Waals surface area contributed by atoms with Crippen LogP contribution < -0.4 is 4.90 Å². The number of benzene rings is 2. The lowest BCUT2D eigenvalue weighted by molar-refractivity contribution is 0.0988. The highest BCUT2D eigenvalue weighted by molar-refractivity contribution is 7.89. The van der Waals surface area contributed by atoms with Gasteiger partial charge >= 0.3 is 0 Å². The van der Waals surface area contributed by atoms with Gasteiger partial charge in [0.1, 0.15) is 0 Å². The van der Waals surface area contributed by atoms with Gasteiger partial charge in [0.15, 0.2) is 5.13 Å². The number of para-hydroxylation sites is 1. The first-order valence-corrected chi connectivity index (χ1v) is 12.8. The molecule has 164 valence electrons. The molecular formula is C23H27N3O3S2. The summed E-state index contributed by atoms with van der Waals surface area (Å²) in [6.07, 6.45) is 1.04. The van der Waals surface area contributed by atoms with E-state index in [1.165, 1.54) is 11.3 Å². The summed E-state index contributed by atoms with van der Waals surface area (Å²) >= 11 is 1.47. The molecule has 0 N–H and O–H groups in total. The van der Waals surface area contributed by atoms with Crippen molar-refractivity contribution in [1.82, 2.24) is 9.29 Å². The Morgan fingerprint density at radius 2 is 1.74 bits per heavy atom. The number of sulfonamides is 1. The Morgan fingerprint density at radius 1 is 1.10 bits per heavy atom. The van der Waals surface area contributed by atoms with E-state index in [-0.39, 0.29) is 10.8 Å². The fourth-order valence-electron chi connectivity index (χ4n) is 4.22. The Morgan fingerprint density at radius 3 is 2.35 bits per heavy atom. The van der Waals surface area contributed by atoms with Crippen LogP contribution >= 0.6 is 11.3 Å². The first kappa shape index (κ1) is 21.9. The van der Waals surface area contributed by atoms with E-state index in [2.05, 4.69) is 18.8 Å². The van der Waals surface area contributed by atoms with Gasteiger partial charge in [-0.1, -0.05) is 37.3 Å². The molecule has 4 rings (SSSR count). The first-order chi connectivity index (χ1) is 14.8. The summed E-state index contributed by atoms with van der Waals surface area (Å²) in [4.78, 5) is 19.6. The maximum absolute atomic E-state index is 13.1. The van der Waals surface area contributed by atoms with Gasteiger partial charge in [-0.05, 0) is 61.6 Å². The lowest BCUT2D eigenvalue weighted by Gasteiger charge is -2.34. The third kappa shape index (κ3) is 4.37. The molecule has 0 spiro atoms. The van der Waals surface area contributed by atoms with Gasteiger partial charge < -0.3 is 0 Å². The van der Waals surface area contributed by atoms with Crippen molar-refractivity contribution < 1.29 is 13.2 Å². The number of carbonyl (C=O) groups is 1. The predicted molar refractivity (Wildman–Crippen MR) is 125 cm³/mol. The first-order valence-electron chi connectivity index (χ1n) is 10.6. The second-order valence-corrected chi connectivity index (χ2v) is 11.3. The molecule has 6 nitrogen and oxygen atoms in total. The predicted octanol–water partition coefficient (Wildman–Crippen LogP) is 4.63. The van der Waals surface area contributed by atoms with E-state index < -0.39 is 10.0 Å². The van der Waals surface area contributed by atoms with Crippen LogP contribution in [0.1, 0.15) is 37.6 Å². The monoisotopic (exact) mass is 457 g/mol. The Balaban J connectivity index is 1.57. The maximum atomic E-state index is 13.1. The molecule has 0 radical (unpaired) electrons. The lowest BCUT2D eigenvalue weighted by atomic mass is 9.94. The van der Waals surface area contributed by atoms with E-state index in [1.807, 2.05) is 31.2 Å². The summed E-state index contributed by atoms with van der Waals surface area (Å²) in [5.41, 5.74) is 1.31. The number of fused-ring (bicyclic) bond motifs is 1. The van der Waals surface area contributed by atoms with Crippen LogP contribution in [0.25, 0.3) is 10.2 Å². The number of rotatable bonds is 5. The summed E-state index contributed by atoms with van der Waals surface area (Å²) in [6.45, 7) is 7.62. The van der Waals surface area contributed by atoms with Crippen molar-refractivity contribution in [3.05, 3.63) is 54.1 Å². The quantitative estimate of drug-likeness (QED) is 0.560. The molecule has 2 atom stereocenters. The van der Waals surface area contributed by atoms with Gasteiger partial charge in [0.25, 0.3) is 5.91 Å². The third-order valence-electron chi connectivity index (χ3n) is 5.65. The summed E-state index contributed by atoms with van der Waals surface area (Å²) in [7, 11) is -3.57. The number of piperidine rings is 1. The SMILES string of the molecule is CCN(C(=O)c1ccc(S(=O)(=O)N2CC(C)CC(C)C2)cc1)c1nc2ccccc2s1. The Labute approximate surface area is 187 Å². The fraction of sp³-hybridized carbons (Fsp3) is 0.391. The van der Waals surface area contributed by atoms with E-state index >= 15 is 0 Å².